The van der Waals surface area contributed by atoms with Gasteiger partial charge in [-0.3, -0.25) is 4.79 Å². The van der Waals surface area contributed by atoms with E-state index >= 15 is 0 Å². The Morgan fingerprint density at radius 3 is 2.83 bits per heavy atom. The molecule has 18 heavy (non-hydrogen) atoms. The first-order chi connectivity index (χ1) is 8.56. The molecule has 0 bridgehead atoms. The number of fused-ring (bicyclic) bond motifs is 1. The van der Waals surface area contributed by atoms with Gasteiger partial charge in [0.15, 0.2) is 0 Å². The summed E-state index contributed by atoms with van der Waals surface area (Å²) < 4.78 is 5.47. The van der Waals surface area contributed by atoms with E-state index in [0.717, 1.165) is 42.0 Å². The van der Waals surface area contributed by atoms with Gasteiger partial charge in [-0.25, -0.2) is 0 Å². The second kappa shape index (κ2) is 4.88. The van der Waals surface area contributed by atoms with E-state index in [0.29, 0.717) is 0 Å². The Bertz CT molecular complexity index is 470. The molecule has 0 amide bonds. The van der Waals surface area contributed by atoms with E-state index < -0.39 is 11.9 Å². The van der Waals surface area contributed by atoms with E-state index in [2.05, 4.69) is 11.9 Å². The van der Waals surface area contributed by atoms with Gasteiger partial charge < -0.3 is 14.7 Å². The van der Waals surface area contributed by atoms with Crippen LogP contribution in [0.3, 0.4) is 0 Å². The highest BCUT2D eigenvalue weighted by molar-refractivity contribution is 5.78. The summed E-state index contributed by atoms with van der Waals surface area (Å²) in [4.78, 5) is 13.3. The predicted molar refractivity (Wildman–Crippen MR) is 70.6 cm³/mol. The highest BCUT2D eigenvalue weighted by Crippen LogP contribution is 2.39. The van der Waals surface area contributed by atoms with Crippen molar-refractivity contribution in [3.05, 3.63) is 23.3 Å². The molecule has 0 spiro atoms. The van der Waals surface area contributed by atoms with Gasteiger partial charge in [-0.1, -0.05) is 6.07 Å². The summed E-state index contributed by atoms with van der Waals surface area (Å²) >= 11 is 0. The van der Waals surface area contributed by atoms with Crippen molar-refractivity contribution < 1.29 is 14.6 Å². The molecular weight excluding hydrogens is 230 g/mol. The summed E-state index contributed by atoms with van der Waals surface area (Å²) in [5, 5.41) is 9.15. The van der Waals surface area contributed by atoms with Gasteiger partial charge in [-0.15, -0.1) is 0 Å². The van der Waals surface area contributed by atoms with Crippen LogP contribution in [0.2, 0.25) is 0 Å². The van der Waals surface area contributed by atoms with E-state index in [1.165, 1.54) is 0 Å². The minimum Gasteiger partial charge on any atom is -0.496 e. The van der Waals surface area contributed by atoms with Gasteiger partial charge in [0.2, 0.25) is 0 Å². The van der Waals surface area contributed by atoms with Crippen molar-refractivity contribution in [1.29, 1.82) is 0 Å². The van der Waals surface area contributed by atoms with Crippen molar-refractivity contribution >= 4 is 11.7 Å². The molecule has 4 heteroatoms. The van der Waals surface area contributed by atoms with Gasteiger partial charge in [0, 0.05) is 30.4 Å². The lowest BCUT2D eigenvalue weighted by molar-refractivity contribution is -0.138. The van der Waals surface area contributed by atoms with Gasteiger partial charge in [0.25, 0.3) is 0 Å². The van der Waals surface area contributed by atoms with Crippen LogP contribution in [-0.2, 0) is 11.2 Å². The number of hydrogen-bond acceptors (Lipinski definition) is 3. The molecule has 0 fully saturated rings. The Balaban J connectivity index is 2.54. The lowest BCUT2D eigenvalue weighted by Crippen LogP contribution is -2.25. The third-order valence-corrected chi connectivity index (χ3v) is 3.64. The fourth-order valence-corrected chi connectivity index (χ4v) is 2.56. The van der Waals surface area contributed by atoms with Gasteiger partial charge in [0.1, 0.15) is 5.75 Å². The van der Waals surface area contributed by atoms with Crippen LogP contribution in [0.25, 0.3) is 0 Å². The zero-order valence-electron chi connectivity index (χ0n) is 11.1. The fraction of sp³-hybridized carbons (Fsp3) is 0.500. The Hall–Kier alpha value is -1.71. The molecule has 1 N–H and O–H groups in total. The van der Waals surface area contributed by atoms with Crippen LogP contribution in [0.4, 0.5) is 5.69 Å². The Labute approximate surface area is 107 Å². The maximum atomic E-state index is 11.1. The normalized spacial score (nSPS) is 16.1. The molecule has 0 radical (unpaired) electrons. The molecule has 1 unspecified atom stereocenters. The van der Waals surface area contributed by atoms with Gasteiger partial charge in [0.05, 0.1) is 13.0 Å². The summed E-state index contributed by atoms with van der Waals surface area (Å²) in [6.45, 7) is 2.73. The molecule has 1 atom stereocenters. The lowest BCUT2D eigenvalue weighted by atomic mass is 9.92. The largest absolute Gasteiger partial charge is 0.496 e. The monoisotopic (exact) mass is 249 g/mol. The number of rotatable bonds is 3. The molecule has 1 aromatic rings. The number of nitrogens with zero attached hydrogens (tertiary/aromatic N) is 1. The van der Waals surface area contributed by atoms with Crippen molar-refractivity contribution in [3.63, 3.8) is 0 Å². The van der Waals surface area contributed by atoms with Crippen LogP contribution in [0.1, 0.15) is 30.4 Å². The lowest BCUT2D eigenvalue weighted by Gasteiger charge is -2.30. The minimum absolute atomic E-state index is 0.544. The van der Waals surface area contributed by atoms with Crippen molar-refractivity contribution in [2.24, 2.45) is 0 Å². The third-order valence-electron chi connectivity index (χ3n) is 3.64. The van der Waals surface area contributed by atoms with Crippen LogP contribution < -0.4 is 9.64 Å². The van der Waals surface area contributed by atoms with Crippen LogP contribution in [-0.4, -0.2) is 31.8 Å². The summed E-state index contributed by atoms with van der Waals surface area (Å²) in [7, 11) is 3.67. The molecule has 0 saturated carbocycles. The number of anilines is 1. The van der Waals surface area contributed by atoms with Gasteiger partial charge in [-0.05, 0) is 25.8 Å². The number of hydrogen-bond donors (Lipinski definition) is 1. The molecule has 98 valence electrons. The average molecular weight is 249 g/mol. The number of carboxylic acid groups (broad SMARTS) is 1. The highest BCUT2D eigenvalue weighted by atomic mass is 16.5. The van der Waals surface area contributed by atoms with E-state index in [9.17, 15) is 4.79 Å². The Morgan fingerprint density at radius 2 is 2.22 bits per heavy atom. The predicted octanol–water partition coefficient (Wildman–Crippen LogP) is 2.27. The van der Waals surface area contributed by atoms with Gasteiger partial charge in [-0.2, -0.15) is 0 Å². The van der Waals surface area contributed by atoms with Crippen molar-refractivity contribution in [2.75, 3.05) is 25.6 Å². The molecule has 0 aromatic heterocycles. The van der Waals surface area contributed by atoms with Crippen molar-refractivity contribution in [1.82, 2.24) is 0 Å². The molecule has 1 aliphatic heterocycles. The molecule has 0 aliphatic carbocycles. The van der Waals surface area contributed by atoms with Crippen LogP contribution in [0.15, 0.2) is 12.1 Å². The number of carboxylic acids is 1. The quantitative estimate of drug-likeness (QED) is 0.892. The SMILES string of the molecule is COc1c(C(C)C(=O)O)ccc2c1CCCN2C. The molecular formula is C14H19NO3. The number of aliphatic carboxylic acids is 1. The van der Waals surface area contributed by atoms with Crippen LogP contribution in [0, 0.1) is 0 Å². The number of benzene rings is 1. The summed E-state index contributed by atoms with van der Waals surface area (Å²) in [6, 6.07) is 3.88. The molecule has 4 nitrogen and oxygen atoms in total. The zero-order valence-corrected chi connectivity index (χ0v) is 11.1. The van der Waals surface area contributed by atoms with Crippen molar-refractivity contribution in [3.8, 4) is 5.75 Å². The zero-order chi connectivity index (χ0) is 13.3. The molecule has 1 heterocycles. The molecule has 1 aliphatic rings. The first-order valence-corrected chi connectivity index (χ1v) is 6.20. The average Bonchev–Trinajstić information content (AvgIpc) is 2.36. The topological polar surface area (TPSA) is 49.8 Å². The third kappa shape index (κ3) is 2.03. The van der Waals surface area contributed by atoms with E-state index in [1.807, 2.05) is 12.1 Å². The number of methoxy groups -OCH3 is 1. The molecule has 2 rings (SSSR count). The summed E-state index contributed by atoms with van der Waals surface area (Å²) in [6.07, 6.45) is 2.02. The molecule has 0 saturated heterocycles. The molecule has 1 aromatic carbocycles. The Morgan fingerprint density at radius 1 is 1.50 bits per heavy atom. The second-order valence-electron chi connectivity index (χ2n) is 4.77. The summed E-state index contributed by atoms with van der Waals surface area (Å²) in [5.74, 6) is -0.621. The smallest absolute Gasteiger partial charge is 0.310 e. The standard InChI is InChI=1S/C14H19NO3/c1-9(14(16)17)10-6-7-12-11(13(10)18-3)5-4-8-15(12)2/h6-7,9H,4-5,8H2,1-3H3,(H,16,17). The number of carbonyl (C=O) groups is 1. The minimum atomic E-state index is -0.822. The summed E-state index contributed by atoms with van der Waals surface area (Å²) in [5.41, 5.74) is 3.05. The van der Waals surface area contributed by atoms with E-state index in [4.69, 9.17) is 9.84 Å². The number of ether oxygens (including phenoxy) is 1. The maximum Gasteiger partial charge on any atom is 0.310 e. The second-order valence-corrected chi connectivity index (χ2v) is 4.77. The van der Waals surface area contributed by atoms with Crippen LogP contribution >= 0.6 is 0 Å². The van der Waals surface area contributed by atoms with E-state index in [-0.39, 0.29) is 0 Å². The first kappa shape index (κ1) is 12.7. The first-order valence-electron chi connectivity index (χ1n) is 6.20. The van der Waals surface area contributed by atoms with Crippen LogP contribution in [0.5, 0.6) is 5.75 Å². The van der Waals surface area contributed by atoms with Gasteiger partial charge >= 0.3 is 5.97 Å². The van der Waals surface area contributed by atoms with E-state index in [1.54, 1.807) is 14.0 Å². The maximum absolute atomic E-state index is 11.1. The van der Waals surface area contributed by atoms with Crippen molar-refractivity contribution in [2.45, 2.75) is 25.7 Å². The highest BCUT2D eigenvalue weighted by Gasteiger charge is 2.25. The fourth-order valence-electron chi connectivity index (χ4n) is 2.56. The Kier molecular flexibility index (Phi) is 3.45.